The van der Waals surface area contributed by atoms with Crippen LogP contribution < -0.4 is 0 Å². The summed E-state index contributed by atoms with van der Waals surface area (Å²) >= 11 is 0. The van der Waals surface area contributed by atoms with Crippen LogP contribution in [0.4, 0.5) is 0 Å². The Balaban J connectivity index is 1.67. The van der Waals surface area contributed by atoms with Crippen LogP contribution in [0.25, 0.3) is 10.9 Å². The Labute approximate surface area is 120 Å². The zero-order chi connectivity index (χ0) is 14.4. The van der Waals surface area contributed by atoms with Gasteiger partial charge in [0.15, 0.2) is 11.5 Å². The lowest BCUT2D eigenvalue weighted by atomic mass is 10.2. The number of nitrogens with one attached hydrogen (secondary N) is 1. The number of H-pyrrole nitrogens is 1. The minimum atomic E-state index is -0.0700. The van der Waals surface area contributed by atoms with Crippen LogP contribution in [-0.4, -0.2) is 42.3 Å². The molecule has 21 heavy (non-hydrogen) atoms. The molecule has 1 amide bonds. The predicted octanol–water partition coefficient (Wildman–Crippen LogP) is 1.12. The van der Waals surface area contributed by atoms with Gasteiger partial charge in [0.05, 0.1) is 12.1 Å². The molecule has 106 valence electrons. The van der Waals surface area contributed by atoms with Gasteiger partial charge >= 0.3 is 0 Å². The second kappa shape index (κ2) is 4.41. The fraction of sp³-hybridized carbons (Fsp3) is 0.286. The first-order valence-corrected chi connectivity index (χ1v) is 6.85. The monoisotopic (exact) mass is 282 g/mol. The SMILES string of the molecule is Cc1nnc2n1CCN(C(=O)c1n[nH]c3ccccc13)C2. The van der Waals surface area contributed by atoms with Crippen LogP contribution in [0.15, 0.2) is 24.3 Å². The molecule has 0 bridgehead atoms. The maximum absolute atomic E-state index is 12.7. The number of benzene rings is 1. The molecule has 0 saturated heterocycles. The van der Waals surface area contributed by atoms with Crippen molar-refractivity contribution in [1.29, 1.82) is 0 Å². The first kappa shape index (κ1) is 12.1. The Hall–Kier alpha value is -2.70. The van der Waals surface area contributed by atoms with Gasteiger partial charge in [-0.1, -0.05) is 18.2 Å². The standard InChI is InChI=1S/C14H14N6O/c1-9-15-17-12-8-19(6-7-20(9)12)14(21)13-10-4-2-3-5-11(10)16-18-13/h2-5H,6-8H2,1H3,(H,16,18). The average molecular weight is 282 g/mol. The molecule has 0 unspecified atom stereocenters. The number of fused-ring (bicyclic) bond motifs is 2. The molecule has 7 heteroatoms. The zero-order valence-corrected chi connectivity index (χ0v) is 11.6. The van der Waals surface area contributed by atoms with Gasteiger partial charge in [0.2, 0.25) is 0 Å². The molecule has 3 aromatic rings. The molecule has 3 heterocycles. The van der Waals surface area contributed by atoms with Crippen LogP contribution in [0.1, 0.15) is 22.1 Å². The Kier molecular flexibility index (Phi) is 2.53. The molecule has 1 aliphatic rings. The number of hydrogen-bond donors (Lipinski definition) is 1. The Morgan fingerprint density at radius 3 is 3.00 bits per heavy atom. The molecule has 1 aliphatic heterocycles. The highest BCUT2D eigenvalue weighted by Crippen LogP contribution is 2.19. The molecule has 0 atom stereocenters. The second-order valence-electron chi connectivity index (χ2n) is 5.16. The highest BCUT2D eigenvalue weighted by molar-refractivity contribution is 6.04. The molecule has 0 fully saturated rings. The number of aromatic nitrogens is 5. The summed E-state index contributed by atoms with van der Waals surface area (Å²) in [4.78, 5) is 14.4. The smallest absolute Gasteiger partial charge is 0.275 e. The minimum absolute atomic E-state index is 0.0700. The van der Waals surface area contributed by atoms with Gasteiger partial charge in [-0.05, 0) is 13.0 Å². The van der Waals surface area contributed by atoms with Crippen molar-refractivity contribution in [2.45, 2.75) is 20.0 Å². The van der Waals surface area contributed by atoms with E-state index in [1.165, 1.54) is 0 Å². The number of carbonyl (C=O) groups excluding carboxylic acids is 1. The van der Waals surface area contributed by atoms with Crippen LogP contribution in [0.3, 0.4) is 0 Å². The van der Waals surface area contributed by atoms with Gasteiger partial charge < -0.3 is 9.47 Å². The van der Waals surface area contributed by atoms with Crippen molar-refractivity contribution in [1.82, 2.24) is 29.9 Å². The van der Waals surface area contributed by atoms with Crippen molar-refractivity contribution in [3.63, 3.8) is 0 Å². The van der Waals surface area contributed by atoms with E-state index in [4.69, 9.17) is 0 Å². The van der Waals surface area contributed by atoms with Gasteiger partial charge in [0.1, 0.15) is 5.82 Å². The summed E-state index contributed by atoms with van der Waals surface area (Å²) in [6.45, 7) is 3.77. The van der Waals surface area contributed by atoms with Gasteiger partial charge in [0, 0.05) is 18.5 Å². The van der Waals surface area contributed by atoms with E-state index in [0.29, 0.717) is 18.8 Å². The van der Waals surface area contributed by atoms with E-state index in [1.807, 2.05) is 35.8 Å². The molecular formula is C14H14N6O. The highest BCUT2D eigenvalue weighted by Gasteiger charge is 2.26. The first-order chi connectivity index (χ1) is 10.2. The number of aromatic amines is 1. The number of carbonyl (C=O) groups is 1. The van der Waals surface area contributed by atoms with Gasteiger partial charge in [-0.2, -0.15) is 5.10 Å². The summed E-state index contributed by atoms with van der Waals surface area (Å²) in [5.74, 6) is 1.65. The summed E-state index contributed by atoms with van der Waals surface area (Å²) in [6.07, 6.45) is 0. The molecular weight excluding hydrogens is 268 g/mol. The van der Waals surface area contributed by atoms with E-state index in [2.05, 4.69) is 20.4 Å². The molecule has 0 saturated carbocycles. The zero-order valence-electron chi connectivity index (χ0n) is 11.6. The molecule has 1 N–H and O–H groups in total. The van der Waals surface area contributed by atoms with E-state index >= 15 is 0 Å². The fourth-order valence-electron chi connectivity index (χ4n) is 2.75. The number of amides is 1. The third kappa shape index (κ3) is 1.81. The van der Waals surface area contributed by atoms with Gasteiger partial charge in [0.25, 0.3) is 5.91 Å². The minimum Gasteiger partial charge on any atom is -0.328 e. The van der Waals surface area contributed by atoms with E-state index in [0.717, 1.165) is 29.1 Å². The largest absolute Gasteiger partial charge is 0.328 e. The van der Waals surface area contributed by atoms with Crippen LogP contribution in [0.5, 0.6) is 0 Å². The van der Waals surface area contributed by atoms with Crippen molar-refractivity contribution in [2.24, 2.45) is 0 Å². The molecule has 0 aliphatic carbocycles. The lowest BCUT2D eigenvalue weighted by Crippen LogP contribution is -2.38. The Morgan fingerprint density at radius 1 is 1.24 bits per heavy atom. The maximum Gasteiger partial charge on any atom is 0.275 e. The summed E-state index contributed by atoms with van der Waals surface area (Å²) in [5.41, 5.74) is 1.34. The van der Waals surface area contributed by atoms with Crippen LogP contribution in [0.2, 0.25) is 0 Å². The average Bonchev–Trinajstić information content (AvgIpc) is 3.10. The van der Waals surface area contributed by atoms with Crippen molar-refractivity contribution in [3.05, 3.63) is 41.6 Å². The number of nitrogens with zero attached hydrogens (tertiary/aromatic N) is 5. The summed E-state index contributed by atoms with van der Waals surface area (Å²) in [6, 6.07) is 7.64. The fourth-order valence-corrected chi connectivity index (χ4v) is 2.75. The first-order valence-electron chi connectivity index (χ1n) is 6.85. The lowest BCUT2D eigenvalue weighted by Gasteiger charge is -2.27. The quantitative estimate of drug-likeness (QED) is 0.725. The van der Waals surface area contributed by atoms with Crippen molar-refractivity contribution < 1.29 is 4.79 Å². The molecule has 7 nitrogen and oxygen atoms in total. The Bertz CT molecular complexity index is 833. The molecule has 4 rings (SSSR count). The van der Waals surface area contributed by atoms with E-state index in [-0.39, 0.29) is 5.91 Å². The third-order valence-electron chi connectivity index (χ3n) is 3.90. The van der Waals surface area contributed by atoms with Gasteiger partial charge in [-0.15, -0.1) is 10.2 Å². The van der Waals surface area contributed by atoms with Crippen molar-refractivity contribution in [3.8, 4) is 0 Å². The highest BCUT2D eigenvalue weighted by atomic mass is 16.2. The number of aryl methyl sites for hydroxylation is 1. The van der Waals surface area contributed by atoms with Crippen molar-refractivity contribution >= 4 is 16.8 Å². The molecule has 2 aromatic heterocycles. The molecule has 0 radical (unpaired) electrons. The summed E-state index contributed by atoms with van der Waals surface area (Å²) in [7, 11) is 0. The lowest BCUT2D eigenvalue weighted by molar-refractivity contribution is 0.0702. The van der Waals surface area contributed by atoms with Crippen molar-refractivity contribution in [2.75, 3.05) is 6.54 Å². The summed E-state index contributed by atoms with van der Waals surface area (Å²) < 4.78 is 2.05. The maximum atomic E-state index is 12.7. The number of rotatable bonds is 1. The van der Waals surface area contributed by atoms with Gasteiger partial charge in [-0.25, -0.2) is 0 Å². The van der Waals surface area contributed by atoms with Crippen LogP contribution in [-0.2, 0) is 13.1 Å². The third-order valence-corrected chi connectivity index (χ3v) is 3.90. The summed E-state index contributed by atoms with van der Waals surface area (Å²) in [5, 5.41) is 16.1. The molecule has 0 spiro atoms. The van der Waals surface area contributed by atoms with Crippen LogP contribution in [0, 0.1) is 6.92 Å². The topological polar surface area (TPSA) is 79.7 Å². The van der Waals surface area contributed by atoms with E-state index < -0.39 is 0 Å². The number of hydrogen-bond acceptors (Lipinski definition) is 4. The number of para-hydroxylation sites is 1. The van der Waals surface area contributed by atoms with E-state index in [9.17, 15) is 4.79 Å². The predicted molar refractivity (Wildman–Crippen MR) is 75.6 cm³/mol. The van der Waals surface area contributed by atoms with E-state index in [1.54, 1.807) is 4.90 Å². The molecule has 1 aromatic carbocycles. The normalized spacial score (nSPS) is 14.4. The van der Waals surface area contributed by atoms with Crippen LogP contribution >= 0.6 is 0 Å². The Morgan fingerprint density at radius 2 is 2.10 bits per heavy atom. The second-order valence-corrected chi connectivity index (χ2v) is 5.16. The van der Waals surface area contributed by atoms with Gasteiger partial charge in [-0.3, -0.25) is 9.89 Å².